The maximum absolute atomic E-state index is 11.8. The molecule has 3 aromatic carbocycles. The number of carbonyl (C=O) groups is 1. The Morgan fingerprint density at radius 1 is 0.769 bits per heavy atom. The van der Waals surface area contributed by atoms with Crippen molar-refractivity contribution < 1.29 is 9.90 Å². The van der Waals surface area contributed by atoms with Gasteiger partial charge in [-0.1, -0.05) is 91.0 Å². The molecule has 3 rings (SSSR count). The Hall–Kier alpha value is -2.52. The maximum atomic E-state index is 11.8. The van der Waals surface area contributed by atoms with E-state index in [-0.39, 0.29) is 5.25 Å². The Morgan fingerprint density at radius 2 is 1.23 bits per heavy atom. The molecule has 0 spiro atoms. The van der Waals surface area contributed by atoms with Crippen molar-refractivity contribution >= 4 is 17.7 Å². The Balaban J connectivity index is 1.76. The number of hydrogen-bond acceptors (Lipinski definition) is 2. The first kappa shape index (κ1) is 18.3. The summed E-state index contributed by atoms with van der Waals surface area (Å²) in [5.41, 5.74) is 3.47. The average Bonchev–Trinajstić information content (AvgIpc) is 2.69. The molecule has 0 radical (unpaired) electrons. The summed E-state index contributed by atoms with van der Waals surface area (Å²) in [6.45, 7) is 0. The maximum Gasteiger partial charge on any atom is 0.307 e. The lowest BCUT2D eigenvalue weighted by atomic mass is 10.0. The van der Waals surface area contributed by atoms with Gasteiger partial charge in [0.2, 0.25) is 0 Å². The molecule has 0 heterocycles. The van der Waals surface area contributed by atoms with Crippen LogP contribution in [0.5, 0.6) is 0 Å². The molecule has 3 heteroatoms. The summed E-state index contributed by atoms with van der Waals surface area (Å²) in [5.74, 6) is -0.572. The third-order valence-corrected chi connectivity index (χ3v) is 5.82. The highest BCUT2D eigenvalue weighted by Gasteiger charge is 2.22. The van der Waals surface area contributed by atoms with Crippen LogP contribution in [0.15, 0.2) is 91.0 Å². The fourth-order valence-corrected chi connectivity index (χ4v) is 4.35. The van der Waals surface area contributed by atoms with Gasteiger partial charge in [0.25, 0.3) is 0 Å². The summed E-state index contributed by atoms with van der Waals surface area (Å²) >= 11 is 1.70. The normalized spacial score (nSPS) is 12.0. The van der Waals surface area contributed by atoms with Crippen molar-refractivity contribution in [2.45, 2.75) is 11.7 Å². The van der Waals surface area contributed by atoms with E-state index in [0.717, 1.165) is 5.56 Å². The highest BCUT2D eigenvalue weighted by Crippen LogP contribution is 2.37. The smallest absolute Gasteiger partial charge is 0.307 e. The van der Waals surface area contributed by atoms with Gasteiger partial charge in [0.05, 0.1) is 11.2 Å². The lowest BCUT2D eigenvalue weighted by Crippen LogP contribution is -2.19. The predicted molar refractivity (Wildman–Crippen MR) is 108 cm³/mol. The van der Waals surface area contributed by atoms with Crippen molar-refractivity contribution in [1.82, 2.24) is 0 Å². The van der Waals surface area contributed by atoms with E-state index < -0.39 is 11.9 Å². The van der Waals surface area contributed by atoms with Crippen LogP contribution in [-0.2, 0) is 11.2 Å². The molecule has 3 aromatic rings. The Labute approximate surface area is 158 Å². The zero-order valence-electron chi connectivity index (χ0n) is 14.5. The van der Waals surface area contributed by atoms with E-state index in [1.165, 1.54) is 11.1 Å². The van der Waals surface area contributed by atoms with Crippen LogP contribution in [0.2, 0.25) is 0 Å². The van der Waals surface area contributed by atoms with Crippen LogP contribution in [0, 0.1) is 5.92 Å². The molecule has 0 aliphatic rings. The minimum Gasteiger partial charge on any atom is -0.481 e. The minimum absolute atomic E-state index is 0.134. The van der Waals surface area contributed by atoms with Gasteiger partial charge < -0.3 is 5.11 Å². The van der Waals surface area contributed by atoms with E-state index in [2.05, 4.69) is 24.3 Å². The first-order chi connectivity index (χ1) is 12.7. The number of thioether (sulfide) groups is 1. The Morgan fingerprint density at radius 3 is 1.69 bits per heavy atom. The zero-order valence-corrected chi connectivity index (χ0v) is 15.3. The lowest BCUT2D eigenvalue weighted by molar-refractivity contribution is -0.140. The van der Waals surface area contributed by atoms with E-state index in [4.69, 9.17) is 0 Å². The molecular formula is C23H22O2S. The molecule has 0 fully saturated rings. The molecule has 0 saturated carbocycles. The van der Waals surface area contributed by atoms with Gasteiger partial charge in [0.1, 0.15) is 0 Å². The SMILES string of the molecule is O=C(O)C(CSC(c1ccccc1)c1ccccc1)Cc1ccccc1. The topological polar surface area (TPSA) is 37.3 Å². The van der Waals surface area contributed by atoms with Crippen molar-refractivity contribution in [2.24, 2.45) is 5.92 Å². The summed E-state index contributed by atoms with van der Waals surface area (Å²) in [4.78, 5) is 11.8. The van der Waals surface area contributed by atoms with Crippen LogP contribution >= 0.6 is 11.8 Å². The van der Waals surface area contributed by atoms with Crippen LogP contribution in [0.3, 0.4) is 0 Å². The molecule has 0 amide bonds. The molecule has 1 unspecified atom stereocenters. The Bertz CT molecular complexity index is 764. The fraction of sp³-hybridized carbons (Fsp3) is 0.174. The summed E-state index contributed by atoms with van der Waals surface area (Å²) in [6.07, 6.45) is 0.555. The Kier molecular flexibility index (Phi) is 6.50. The third kappa shape index (κ3) is 4.99. The molecule has 1 atom stereocenters. The molecule has 0 saturated heterocycles. The standard InChI is InChI=1S/C23H22O2S/c24-23(25)21(16-18-10-4-1-5-11-18)17-26-22(19-12-6-2-7-13-19)20-14-8-3-9-15-20/h1-15,21-22H,16-17H2,(H,24,25). The molecule has 1 N–H and O–H groups in total. The first-order valence-electron chi connectivity index (χ1n) is 8.72. The largest absolute Gasteiger partial charge is 0.481 e. The van der Waals surface area contributed by atoms with Crippen LogP contribution in [-0.4, -0.2) is 16.8 Å². The summed E-state index contributed by atoms with van der Waals surface area (Å²) in [6, 6.07) is 30.4. The minimum atomic E-state index is -0.735. The van der Waals surface area contributed by atoms with E-state index in [9.17, 15) is 9.90 Å². The van der Waals surface area contributed by atoms with Crippen LogP contribution in [0.25, 0.3) is 0 Å². The van der Waals surface area contributed by atoms with Crippen molar-refractivity contribution in [3.05, 3.63) is 108 Å². The number of aliphatic carboxylic acids is 1. The van der Waals surface area contributed by atoms with Crippen LogP contribution < -0.4 is 0 Å². The van der Waals surface area contributed by atoms with Gasteiger partial charge in [-0.25, -0.2) is 0 Å². The number of hydrogen-bond donors (Lipinski definition) is 1. The highest BCUT2D eigenvalue weighted by atomic mass is 32.2. The van der Waals surface area contributed by atoms with Gasteiger partial charge in [0, 0.05) is 5.75 Å². The van der Waals surface area contributed by atoms with Gasteiger partial charge in [-0.05, 0) is 23.1 Å². The van der Waals surface area contributed by atoms with E-state index >= 15 is 0 Å². The van der Waals surface area contributed by atoms with Crippen molar-refractivity contribution in [3.63, 3.8) is 0 Å². The molecule has 132 valence electrons. The van der Waals surface area contributed by atoms with Gasteiger partial charge >= 0.3 is 5.97 Å². The van der Waals surface area contributed by atoms with Crippen molar-refractivity contribution in [1.29, 1.82) is 0 Å². The van der Waals surface area contributed by atoms with Gasteiger partial charge in [-0.15, -0.1) is 11.8 Å². The third-order valence-electron chi connectivity index (χ3n) is 4.34. The molecule has 0 aromatic heterocycles. The van der Waals surface area contributed by atoms with Crippen LogP contribution in [0.4, 0.5) is 0 Å². The van der Waals surface area contributed by atoms with E-state index in [1.807, 2.05) is 66.7 Å². The van der Waals surface area contributed by atoms with Crippen LogP contribution in [0.1, 0.15) is 21.9 Å². The molecular weight excluding hydrogens is 340 g/mol. The first-order valence-corrected chi connectivity index (χ1v) is 9.77. The number of carboxylic acid groups (broad SMARTS) is 1. The number of carboxylic acids is 1. The fourth-order valence-electron chi connectivity index (χ4n) is 2.97. The second kappa shape index (κ2) is 9.25. The van der Waals surface area contributed by atoms with E-state index in [1.54, 1.807) is 11.8 Å². The molecule has 26 heavy (non-hydrogen) atoms. The molecule has 0 aliphatic carbocycles. The highest BCUT2D eigenvalue weighted by molar-refractivity contribution is 7.99. The second-order valence-electron chi connectivity index (χ2n) is 6.26. The summed E-state index contributed by atoms with van der Waals surface area (Å²) in [7, 11) is 0. The summed E-state index contributed by atoms with van der Waals surface area (Å²) < 4.78 is 0. The molecule has 0 aliphatic heterocycles. The van der Waals surface area contributed by atoms with Gasteiger partial charge in [-0.3, -0.25) is 4.79 Å². The lowest BCUT2D eigenvalue weighted by Gasteiger charge is -2.20. The molecule has 0 bridgehead atoms. The monoisotopic (exact) mass is 362 g/mol. The zero-order chi connectivity index (χ0) is 18.2. The van der Waals surface area contributed by atoms with E-state index in [0.29, 0.717) is 12.2 Å². The molecule has 2 nitrogen and oxygen atoms in total. The number of rotatable bonds is 8. The van der Waals surface area contributed by atoms with Crippen molar-refractivity contribution in [2.75, 3.05) is 5.75 Å². The van der Waals surface area contributed by atoms with Crippen molar-refractivity contribution in [3.8, 4) is 0 Å². The van der Waals surface area contributed by atoms with Gasteiger partial charge in [-0.2, -0.15) is 0 Å². The number of benzene rings is 3. The predicted octanol–water partition coefficient (Wildman–Crippen LogP) is 5.45. The quantitative estimate of drug-likeness (QED) is 0.579. The second-order valence-corrected chi connectivity index (χ2v) is 7.40. The average molecular weight is 362 g/mol. The van der Waals surface area contributed by atoms with Gasteiger partial charge in [0.15, 0.2) is 0 Å². The summed E-state index contributed by atoms with van der Waals surface area (Å²) in [5, 5.41) is 9.81.